The molecule has 2 aromatic rings. The highest BCUT2D eigenvalue weighted by Gasteiger charge is 2.20. The molecule has 0 spiro atoms. The van der Waals surface area contributed by atoms with Crippen molar-refractivity contribution in [2.45, 2.75) is 25.8 Å². The van der Waals surface area contributed by atoms with E-state index in [0.717, 1.165) is 51.3 Å². The minimum Gasteiger partial charge on any atom is -0.322 e. The number of aryl methyl sites for hydroxylation is 2. The fourth-order valence-corrected chi connectivity index (χ4v) is 3.84. The third-order valence-electron chi connectivity index (χ3n) is 5.35. The van der Waals surface area contributed by atoms with Crippen LogP contribution >= 0.6 is 0 Å². The summed E-state index contributed by atoms with van der Waals surface area (Å²) in [5.41, 5.74) is 4.06. The summed E-state index contributed by atoms with van der Waals surface area (Å²) in [4.78, 5) is 21.5. The molecule has 1 fully saturated rings. The van der Waals surface area contributed by atoms with Crippen LogP contribution in [0.5, 0.6) is 0 Å². The van der Waals surface area contributed by atoms with Crippen molar-refractivity contribution in [3.8, 4) is 0 Å². The maximum absolute atomic E-state index is 13.6. The number of benzene rings is 1. The number of fused-ring (bicyclic) bond motifs is 1. The van der Waals surface area contributed by atoms with Crippen LogP contribution in [0.15, 0.2) is 36.4 Å². The van der Waals surface area contributed by atoms with Crippen LogP contribution in [0.25, 0.3) is 0 Å². The van der Waals surface area contributed by atoms with Gasteiger partial charge in [-0.1, -0.05) is 18.2 Å². The van der Waals surface area contributed by atoms with E-state index in [-0.39, 0.29) is 11.6 Å². The Morgan fingerprint density at radius 1 is 1.04 bits per heavy atom. The van der Waals surface area contributed by atoms with Gasteiger partial charge in [-0.25, -0.2) is 4.39 Å². The number of hydrogen-bond donors (Lipinski definition) is 1. The number of nitrogens with one attached hydrogen (secondary N) is 1. The largest absolute Gasteiger partial charge is 0.322 e. The first-order chi connectivity index (χ1) is 13.2. The minimum atomic E-state index is -0.405. The lowest BCUT2D eigenvalue weighted by Gasteiger charge is -2.34. The van der Waals surface area contributed by atoms with Gasteiger partial charge in [0.15, 0.2) is 0 Å². The molecular formula is C21H25FN4O. The number of carbonyl (C=O) groups is 1. The number of halogens is 1. The number of amides is 1. The summed E-state index contributed by atoms with van der Waals surface area (Å²) in [6.07, 6.45) is 3.49. The van der Waals surface area contributed by atoms with Gasteiger partial charge in [-0.15, -0.1) is 0 Å². The average molecular weight is 368 g/mol. The number of anilines is 1. The van der Waals surface area contributed by atoms with E-state index in [1.165, 1.54) is 23.7 Å². The van der Waals surface area contributed by atoms with Gasteiger partial charge < -0.3 is 5.32 Å². The number of aromatic nitrogens is 1. The maximum Gasteiger partial charge on any atom is 0.238 e. The van der Waals surface area contributed by atoms with Gasteiger partial charge in [0.05, 0.1) is 17.9 Å². The van der Waals surface area contributed by atoms with E-state index in [0.29, 0.717) is 6.54 Å². The van der Waals surface area contributed by atoms with Gasteiger partial charge in [-0.3, -0.25) is 19.6 Å². The van der Waals surface area contributed by atoms with Crippen LogP contribution in [0.4, 0.5) is 10.1 Å². The van der Waals surface area contributed by atoms with E-state index in [4.69, 9.17) is 4.98 Å². The molecule has 5 nitrogen and oxygen atoms in total. The van der Waals surface area contributed by atoms with Gasteiger partial charge in [0.2, 0.25) is 5.91 Å². The second-order valence-electron chi connectivity index (χ2n) is 7.34. The molecule has 142 valence electrons. The number of nitrogens with zero attached hydrogens (tertiary/aromatic N) is 3. The van der Waals surface area contributed by atoms with Crippen LogP contribution in [-0.4, -0.2) is 53.4 Å². The molecular weight excluding hydrogens is 343 g/mol. The molecule has 1 amide bonds. The van der Waals surface area contributed by atoms with Gasteiger partial charge in [-0.05, 0) is 43.0 Å². The minimum absolute atomic E-state index is 0.172. The molecule has 1 saturated heterocycles. The van der Waals surface area contributed by atoms with Gasteiger partial charge in [-0.2, -0.15) is 0 Å². The molecule has 1 aliphatic carbocycles. The molecule has 0 atom stereocenters. The molecule has 1 aromatic carbocycles. The lowest BCUT2D eigenvalue weighted by molar-refractivity contribution is -0.117. The standard InChI is InChI=1S/C21H25FN4O/c22-18-5-1-2-6-20(18)24-21(27)15-26-12-10-25(11-13-26)14-17-9-8-16-4-3-7-19(16)23-17/h1-2,5-6,8-9H,3-4,7,10-15H2,(H,24,27). The number of para-hydroxylation sites is 1. The van der Waals surface area contributed by atoms with Crippen molar-refractivity contribution in [2.75, 3.05) is 38.0 Å². The third kappa shape index (κ3) is 4.51. The Bertz CT molecular complexity index is 818. The molecule has 1 N–H and O–H groups in total. The number of hydrogen-bond acceptors (Lipinski definition) is 4. The van der Waals surface area contributed by atoms with Crippen LogP contribution in [0.2, 0.25) is 0 Å². The summed E-state index contributed by atoms with van der Waals surface area (Å²) < 4.78 is 13.6. The Hall–Kier alpha value is -2.31. The van der Waals surface area contributed by atoms with Crippen LogP contribution < -0.4 is 5.32 Å². The first kappa shape index (κ1) is 18.1. The fraction of sp³-hybridized carbons (Fsp3) is 0.429. The lowest BCUT2D eigenvalue weighted by Crippen LogP contribution is -2.48. The molecule has 0 unspecified atom stereocenters. The van der Waals surface area contributed by atoms with Crippen molar-refractivity contribution in [1.82, 2.24) is 14.8 Å². The molecule has 0 radical (unpaired) electrons. The van der Waals surface area contributed by atoms with Crippen molar-refractivity contribution < 1.29 is 9.18 Å². The maximum atomic E-state index is 13.6. The predicted molar refractivity (Wildman–Crippen MR) is 103 cm³/mol. The Morgan fingerprint density at radius 2 is 1.81 bits per heavy atom. The fourth-order valence-electron chi connectivity index (χ4n) is 3.84. The molecule has 4 rings (SSSR count). The summed E-state index contributed by atoms with van der Waals surface area (Å²) in [7, 11) is 0. The smallest absolute Gasteiger partial charge is 0.238 e. The summed E-state index contributed by atoms with van der Waals surface area (Å²) in [5, 5.41) is 2.65. The zero-order valence-corrected chi connectivity index (χ0v) is 15.5. The van der Waals surface area contributed by atoms with Crippen molar-refractivity contribution in [3.63, 3.8) is 0 Å². The molecule has 2 heterocycles. The number of pyridine rings is 1. The van der Waals surface area contributed by atoms with Crippen LogP contribution in [0.1, 0.15) is 23.4 Å². The van der Waals surface area contributed by atoms with Crippen molar-refractivity contribution in [3.05, 3.63) is 59.2 Å². The molecule has 0 saturated carbocycles. The molecule has 1 aromatic heterocycles. The van der Waals surface area contributed by atoms with Crippen molar-refractivity contribution >= 4 is 11.6 Å². The second-order valence-corrected chi connectivity index (χ2v) is 7.34. The van der Waals surface area contributed by atoms with E-state index in [9.17, 15) is 9.18 Å². The Balaban J connectivity index is 1.24. The highest BCUT2D eigenvalue weighted by molar-refractivity contribution is 5.92. The van der Waals surface area contributed by atoms with Crippen molar-refractivity contribution in [1.29, 1.82) is 0 Å². The monoisotopic (exact) mass is 368 g/mol. The lowest BCUT2D eigenvalue weighted by atomic mass is 10.2. The van der Waals surface area contributed by atoms with E-state index in [2.05, 4.69) is 27.2 Å². The van der Waals surface area contributed by atoms with E-state index >= 15 is 0 Å². The van der Waals surface area contributed by atoms with Crippen LogP contribution in [0.3, 0.4) is 0 Å². The second kappa shape index (κ2) is 8.15. The first-order valence-corrected chi connectivity index (χ1v) is 9.64. The summed E-state index contributed by atoms with van der Waals surface area (Å²) in [6.45, 7) is 4.63. The van der Waals surface area contributed by atoms with E-state index in [1.54, 1.807) is 18.2 Å². The number of piperazine rings is 1. The number of carbonyl (C=O) groups excluding carboxylic acids is 1. The Morgan fingerprint density at radius 3 is 2.63 bits per heavy atom. The predicted octanol–water partition coefficient (Wildman–Crippen LogP) is 2.47. The highest BCUT2D eigenvalue weighted by Crippen LogP contribution is 2.20. The Kier molecular flexibility index (Phi) is 5.45. The van der Waals surface area contributed by atoms with Crippen LogP contribution in [-0.2, 0) is 24.2 Å². The van der Waals surface area contributed by atoms with Gasteiger partial charge in [0, 0.05) is 38.4 Å². The molecule has 6 heteroatoms. The zero-order valence-electron chi connectivity index (χ0n) is 15.5. The summed E-state index contributed by atoms with van der Waals surface area (Å²) in [5.74, 6) is -0.577. The SMILES string of the molecule is O=C(CN1CCN(Cc2ccc3c(n2)CCC3)CC1)Nc1ccccc1F. The topological polar surface area (TPSA) is 48.5 Å². The van der Waals surface area contributed by atoms with Gasteiger partial charge in [0.25, 0.3) is 0 Å². The molecule has 0 bridgehead atoms. The van der Waals surface area contributed by atoms with Gasteiger partial charge in [0.1, 0.15) is 5.82 Å². The average Bonchev–Trinajstić information content (AvgIpc) is 3.13. The number of rotatable bonds is 5. The van der Waals surface area contributed by atoms with E-state index in [1.807, 2.05) is 0 Å². The molecule has 2 aliphatic rings. The Labute approximate surface area is 159 Å². The molecule has 1 aliphatic heterocycles. The van der Waals surface area contributed by atoms with E-state index < -0.39 is 5.82 Å². The summed E-state index contributed by atoms with van der Waals surface area (Å²) >= 11 is 0. The third-order valence-corrected chi connectivity index (χ3v) is 5.35. The summed E-state index contributed by atoms with van der Waals surface area (Å²) in [6, 6.07) is 10.6. The highest BCUT2D eigenvalue weighted by atomic mass is 19.1. The van der Waals surface area contributed by atoms with Crippen molar-refractivity contribution in [2.24, 2.45) is 0 Å². The normalized spacial score (nSPS) is 17.7. The first-order valence-electron chi connectivity index (χ1n) is 9.64. The van der Waals surface area contributed by atoms with Gasteiger partial charge >= 0.3 is 0 Å². The quantitative estimate of drug-likeness (QED) is 0.881. The van der Waals surface area contributed by atoms with Crippen LogP contribution in [0, 0.1) is 5.82 Å². The molecule has 27 heavy (non-hydrogen) atoms. The zero-order chi connectivity index (χ0) is 18.6.